The van der Waals surface area contributed by atoms with E-state index in [-0.39, 0.29) is 30.3 Å². The molecule has 0 aliphatic carbocycles. The molecule has 2 N–H and O–H groups in total. The maximum Gasteiger partial charge on any atom is 0.161 e. The molecule has 70 valence electrons. The highest BCUT2D eigenvalue weighted by molar-refractivity contribution is 5.35. The first kappa shape index (κ1) is 11.3. The van der Waals surface area contributed by atoms with Crippen LogP contribution < -0.4 is 0 Å². The summed E-state index contributed by atoms with van der Waals surface area (Å²) in [5, 5.41) is 25.8. The van der Waals surface area contributed by atoms with Crippen molar-refractivity contribution >= 4 is 0 Å². The minimum atomic E-state index is -0.301. The van der Waals surface area contributed by atoms with Gasteiger partial charge in [-0.3, -0.25) is 0 Å². The van der Waals surface area contributed by atoms with Gasteiger partial charge < -0.3 is 14.9 Å². The van der Waals surface area contributed by atoms with E-state index < -0.39 is 0 Å². The molecule has 0 saturated carbocycles. The predicted octanol–water partition coefficient (Wildman–Crippen LogP) is 1.03. The summed E-state index contributed by atoms with van der Waals surface area (Å²) in [5.74, 6) is -0.259. The molecule has 0 aromatic carbocycles. The number of hydrogen-bond donors (Lipinski definition) is 2. The highest BCUT2D eigenvalue weighted by Gasteiger charge is 2.02. The Hall–Kier alpha value is -1.73. The molecule has 4 heteroatoms. The molecular weight excluding hydrogens is 170 g/mol. The molecule has 0 aliphatic rings. The maximum absolute atomic E-state index is 8.96. The van der Waals surface area contributed by atoms with Crippen molar-refractivity contribution in [1.82, 2.24) is 0 Å². The molecule has 4 nitrogen and oxygen atoms in total. The van der Waals surface area contributed by atoms with Crippen LogP contribution in [0.1, 0.15) is 0 Å². The molecule has 0 aromatic rings. The Labute approximate surface area is 76.7 Å². The zero-order valence-corrected chi connectivity index (χ0v) is 7.16. The van der Waals surface area contributed by atoms with Gasteiger partial charge in [-0.1, -0.05) is 13.2 Å². The van der Waals surface area contributed by atoms with E-state index in [1.807, 2.05) is 0 Å². The molecule has 0 atom stereocenters. The summed E-state index contributed by atoms with van der Waals surface area (Å²) in [5.41, 5.74) is 0.142. The van der Waals surface area contributed by atoms with Gasteiger partial charge in [-0.05, 0) is 0 Å². The molecule has 0 rings (SSSR count). The molecule has 0 spiro atoms. The third-order valence-electron chi connectivity index (χ3n) is 1.08. The monoisotopic (exact) mass is 181 g/mol. The normalized spacial score (nSPS) is 10.3. The third-order valence-corrected chi connectivity index (χ3v) is 1.08. The van der Waals surface area contributed by atoms with Gasteiger partial charge in [0, 0.05) is 11.6 Å². The van der Waals surface area contributed by atoms with Crippen molar-refractivity contribution in [3.63, 3.8) is 0 Å². The number of nitriles is 1. The summed E-state index contributed by atoms with van der Waals surface area (Å²) in [7, 11) is 0. The summed E-state index contributed by atoms with van der Waals surface area (Å²) in [4.78, 5) is 0. The van der Waals surface area contributed by atoms with E-state index in [4.69, 9.17) is 20.2 Å². The van der Waals surface area contributed by atoms with E-state index in [1.54, 1.807) is 6.07 Å². The van der Waals surface area contributed by atoms with Gasteiger partial charge >= 0.3 is 0 Å². The number of aliphatic hydroxyl groups is 2. The average Bonchev–Trinajstić information content (AvgIpc) is 2.11. The molecule has 0 amide bonds. The van der Waals surface area contributed by atoms with Gasteiger partial charge in [0.05, 0.1) is 12.7 Å². The Kier molecular flexibility index (Phi) is 5.08. The lowest BCUT2D eigenvalue weighted by Crippen LogP contribution is -2.01. The fourth-order valence-electron chi connectivity index (χ4n) is 0.554. The Bertz CT molecular complexity index is 273. The minimum Gasteiger partial charge on any atom is -0.505 e. The van der Waals surface area contributed by atoms with Crippen molar-refractivity contribution in [3.8, 4) is 6.07 Å². The van der Waals surface area contributed by atoms with E-state index >= 15 is 0 Å². The van der Waals surface area contributed by atoms with Crippen LogP contribution in [0, 0.1) is 11.3 Å². The van der Waals surface area contributed by atoms with Crippen molar-refractivity contribution in [2.75, 3.05) is 13.2 Å². The second-order valence-corrected chi connectivity index (χ2v) is 2.16. The Morgan fingerprint density at radius 2 is 2.15 bits per heavy atom. The number of hydrogen-bond acceptors (Lipinski definition) is 4. The highest BCUT2D eigenvalue weighted by Crippen LogP contribution is 2.08. The molecule has 0 fully saturated rings. The maximum atomic E-state index is 8.96. The van der Waals surface area contributed by atoms with Gasteiger partial charge in [0.15, 0.2) is 5.76 Å². The predicted molar refractivity (Wildman–Crippen MR) is 47.6 cm³/mol. The smallest absolute Gasteiger partial charge is 0.161 e. The second kappa shape index (κ2) is 5.86. The van der Waals surface area contributed by atoms with E-state index in [0.29, 0.717) is 0 Å². The first-order chi connectivity index (χ1) is 6.11. The van der Waals surface area contributed by atoms with Gasteiger partial charge in [0.25, 0.3) is 0 Å². The number of ether oxygens (including phenoxy) is 1. The van der Waals surface area contributed by atoms with Crippen molar-refractivity contribution < 1.29 is 14.9 Å². The van der Waals surface area contributed by atoms with Gasteiger partial charge in [-0.25, -0.2) is 0 Å². The molecule has 0 heterocycles. The summed E-state index contributed by atoms with van der Waals surface area (Å²) < 4.78 is 4.87. The van der Waals surface area contributed by atoms with Crippen molar-refractivity contribution in [2.24, 2.45) is 0 Å². The van der Waals surface area contributed by atoms with Crippen LogP contribution in [0.15, 0.2) is 36.3 Å². The highest BCUT2D eigenvalue weighted by atomic mass is 16.5. The summed E-state index contributed by atoms with van der Waals surface area (Å²) in [6.45, 7) is 6.45. The zero-order valence-electron chi connectivity index (χ0n) is 7.16. The Morgan fingerprint density at radius 3 is 2.54 bits per heavy atom. The van der Waals surface area contributed by atoms with E-state index in [2.05, 4.69) is 13.2 Å². The van der Waals surface area contributed by atoms with E-state index in [0.717, 1.165) is 0 Å². The van der Waals surface area contributed by atoms with Gasteiger partial charge in [0.1, 0.15) is 12.4 Å². The largest absolute Gasteiger partial charge is 0.505 e. The quantitative estimate of drug-likeness (QED) is 0.377. The first-order valence-electron chi connectivity index (χ1n) is 3.54. The number of aliphatic hydroxyl groups excluding tert-OH is 2. The Morgan fingerprint density at radius 1 is 1.54 bits per heavy atom. The third kappa shape index (κ3) is 4.67. The van der Waals surface area contributed by atoms with Crippen molar-refractivity contribution in [1.29, 1.82) is 5.26 Å². The minimum absolute atomic E-state index is 0.0319. The molecular formula is C9H11NO3. The molecule has 0 bridgehead atoms. The van der Waals surface area contributed by atoms with Crippen LogP contribution in [-0.4, -0.2) is 23.4 Å². The molecule has 0 radical (unpaired) electrons. The van der Waals surface area contributed by atoms with Crippen LogP contribution in [0.4, 0.5) is 0 Å². The molecule has 0 aromatic heterocycles. The first-order valence-corrected chi connectivity index (χ1v) is 3.54. The lowest BCUT2D eigenvalue weighted by Gasteiger charge is -2.06. The fraction of sp³-hybridized carbons (Fsp3) is 0.222. The van der Waals surface area contributed by atoms with Crippen LogP contribution >= 0.6 is 0 Å². The van der Waals surface area contributed by atoms with Crippen molar-refractivity contribution in [3.05, 3.63) is 36.3 Å². The number of rotatable bonds is 5. The topological polar surface area (TPSA) is 73.5 Å². The molecule has 0 unspecified atom stereocenters. The number of nitrogens with zero attached hydrogens (tertiary/aromatic N) is 1. The Balaban J connectivity index is 4.43. The van der Waals surface area contributed by atoms with Gasteiger partial charge in [-0.2, -0.15) is 5.26 Å². The number of allylic oxidation sites excluding steroid dienone is 2. The molecule has 0 aliphatic heterocycles. The van der Waals surface area contributed by atoms with Crippen LogP contribution in [0.2, 0.25) is 0 Å². The van der Waals surface area contributed by atoms with Gasteiger partial charge in [-0.15, -0.1) is 0 Å². The zero-order chi connectivity index (χ0) is 10.3. The summed E-state index contributed by atoms with van der Waals surface area (Å²) in [6, 6.07) is 1.76. The lowest BCUT2D eigenvalue weighted by atomic mass is 10.2. The standard InChI is InChI=1S/C9H11NO3/c1-7(6-10)5-9(8(2)12)13-4-3-11/h5,11-12H,1-4H2/b9-5+. The second-order valence-electron chi connectivity index (χ2n) is 2.16. The van der Waals surface area contributed by atoms with E-state index in [1.165, 1.54) is 6.08 Å². The van der Waals surface area contributed by atoms with E-state index in [9.17, 15) is 0 Å². The van der Waals surface area contributed by atoms with Crippen LogP contribution in [0.3, 0.4) is 0 Å². The van der Waals surface area contributed by atoms with Crippen LogP contribution in [0.5, 0.6) is 0 Å². The SMILES string of the molecule is C=C(C#N)/C=C(/OCCO)C(=C)O. The van der Waals surface area contributed by atoms with Crippen LogP contribution in [0.25, 0.3) is 0 Å². The van der Waals surface area contributed by atoms with Gasteiger partial charge in [0.2, 0.25) is 0 Å². The molecule has 13 heavy (non-hydrogen) atoms. The van der Waals surface area contributed by atoms with Crippen molar-refractivity contribution in [2.45, 2.75) is 0 Å². The van der Waals surface area contributed by atoms with Crippen LogP contribution in [-0.2, 0) is 4.74 Å². The lowest BCUT2D eigenvalue weighted by molar-refractivity contribution is 0.138. The fourth-order valence-corrected chi connectivity index (χ4v) is 0.554. The average molecular weight is 181 g/mol. The molecule has 0 saturated heterocycles. The summed E-state index contributed by atoms with van der Waals surface area (Å²) >= 11 is 0. The summed E-state index contributed by atoms with van der Waals surface area (Å²) in [6.07, 6.45) is 1.25.